The van der Waals surface area contributed by atoms with Gasteiger partial charge in [-0.25, -0.2) is 4.98 Å². The maximum absolute atomic E-state index is 12.6. The molecule has 4 heteroatoms. The third-order valence-electron chi connectivity index (χ3n) is 13.7. The molecule has 0 fully saturated rings. The van der Waals surface area contributed by atoms with Gasteiger partial charge in [-0.3, -0.25) is 9.55 Å². The number of rotatable bonds is 10. The van der Waals surface area contributed by atoms with Crippen LogP contribution in [-0.2, 0) is 5.41 Å². The Bertz CT molecular complexity index is 3640. The number of hydrogen-bond acceptors (Lipinski definition) is 3. The summed E-state index contributed by atoms with van der Waals surface area (Å²) in [6.45, 7) is 15.4. The number of para-hydroxylation sites is 1. The van der Waals surface area contributed by atoms with E-state index >= 15 is 0 Å². The highest BCUT2D eigenvalue weighted by atomic mass is 16.3. The molecule has 10 rings (SSSR count). The standard InChI is InChI=1S/C66H61N3O/c1-41(2)50-37-56(42(3)4)64(70)59(38-50)65-68-63-55(52-34-51(45-17-12-10-13-18-45)35-53(36-52)60-39-49(31-32-67-60)46-25-23-43(5)24-26-46)21-16-22-61(63)69(65)62-40-57(47-19-14-11-15-20-47)44(6)33-58(62)48-27-29-54(30-28-48)66(7,8)9/h10-42,70H,1-9H3/i5D3. The zero-order valence-electron chi connectivity index (χ0n) is 44.3. The minimum Gasteiger partial charge on any atom is -0.507 e. The highest BCUT2D eigenvalue weighted by Gasteiger charge is 2.26. The fraction of sp³-hybridized carbons (Fsp3) is 0.182. The first-order valence-electron chi connectivity index (χ1n) is 25.9. The quantitative estimate of drug-likeness (QED) is 0.149. The van der Waals surface area contributed by atoms with Gasteiger partial charge in [0.25, 0.3) is 0 Å². The lowest BCUT2D eigenvalue weighted by Gasteiger charge is -2.22. The molecule has 70 heavy (non-hydrogen) atoms. The SMILES string of the molecule is [2H]C([2H])([2H])c1ccc(-c2ccnc(-c3cc(-c4ccccc4)cc(-c4cccc5c4nc(-c4cc(C(C)C)cc(C(C)C)c4O)n5-c4cc(-c5ccccc5)c(C)cc4-c4ccc(C(C)(C)C)cc4)c3)c2)cc1. The molecule has 0 saturated heterocycles. The van der Waals surface area contributed by atoms with Crippen LogP contribution in [0.3, 0.4) is 0 Å². The Morgan fingerprint density at radius 1 is 0.529 bits per heavy atom. The number of nitrogens with zero attached hydrogens (tertiary/aromatic N) is 3. The van der Waals surface area contributed by atoms with Gasteiger partial charge in [0.1, 0.15) is 11.6 Å². The molecule has 4 nitrogen and oxygen atoms in total. The molecular formula is C66H61N3O. The lowest BCUT2D eigenvalue weighted by molar-refractivity contribution is 0.466. The minimum absolute atomic E-state index is 0.0165. The second-order valence-corrected chi connectivity index (χ2v) is 20.3. The summed E-state index contributed by atoms with van der Waals surface area (Å²) in [4.78, 5) is 10.7. The molecule has 0 aliphatic carbocycles. The Kier molecular flexibility index (Phi) is 11.2. The van der Waals surface area contributed by atoms with Crippen molar-refractivity contribution < 1.29 is 9.22 Å². The number of aromatic nitrogens is 3. The van der Waals surface area contributed by atoms with E-state index in [4.69, 9.17) is 14.1 Å². The van der Waals surface area contributed by atoms with Gasteiger partial charge in [0, 0.05) is 27.0 Å². The molecule has 2 aromatic heterocycles. The molecule has 1 N–H and O–H groups in total. The van der Waals surface area contributed by atoms with Crippen molar-refractivity contribution in [1.82, 2.24) is 14.5 Å². The summed E-state index contributed by atoms with van der Waals surface area (Å²) in [5.74, 6) is 1.15. The molecular weight excluding hydrogens is 851 g/mol. The summed E-state index contributed by atoms with van der Waals surface area (Å²) in [5, 5.41) is 12.6. The molecule has 0 spiro atoms. The smallest absolute Gasteiger partial charge is 0.149 e. The fourth-order valence-corrected chi connectivity index (χ4v) is 9.73. The average molecular weight is 915 g/mol. The van der Waals surface area contributed by atoms with Crippen LogP contribution < -0.4 is 0 Å². The van der Waals surface area contributed by atoms with Crippen LogP contribution in [0.2, 0.25) is 0 Å². The van der Waals surface area contributed by atoms with Gasteiger partial charge in [0.15, 0.2) is 0 Å². The normalized spacial score (nSPS) is 12.6. The second-order valence-electron chi connectivity index (χ2n) is 20.3. The lowest BCUT2D eigenvalue weighted by atomic mass is 9.85. The molecule has 2 heterocycles. The van der Waals surface area contributed by atoms with E-state index in [0.29, 0.717) is 17.0 Å². The molecule has 0 radical (unpaired) electrons. The van der Waals surface area contributed by atoms with Crippen molar-refractivity contribution in [3.05, 3.63) is 216 Å². The van der Waals surface area contributed by atoms with Gasteiger partial charge in [-0.05, 0) is 152 Å². The van der Waals surface area contributed by atoms with E-state index in [-0.39, 0.29) is 23.0 Å². The summed E-state index contributed by atoms with van der Waals surface area (Å²) < 4.78 is 26.0. The van der Waals surface area contributed by atoms with E-state index in [1.165, 1.54) is 5.56 Å². The Hall–Kier alpha value is -7.82. The van der Waals surface area contributed by atoms with Crippen molar-refractivity contribution in [2.75, 3.05) is 0 Å². The molecule has 10 aromatic rings. The van der Waals surface area contributed by atoms with Crippen LogP contribution in [0.4, 0.5) is 0 Å². The monoisotopic (exact) mass is 915 g/mol. The maximum atomic E-state index is 12.6. The van der Waals surface area contributed by atoms with Gasteiger partial charge in [-0.2, -0.15) is 0 Å². The van der Waals surface area contributed by atoms with Gasteiger partial charge in [-0.15, -0.1) is 0 Å². The highest BCUT2D eigenvalue weighted by Crippen LogP contribution is 2.46. The second kappa shape index (κ2) is 18.6. The van der Waals surface area contributed by atoms with Crippen molar-refractivity contribution in [3.63, 3.8) is 0 Å². The van der Waals surface area contributed by atoms with E-state index in [2.05, 4.69) is 206 Å². The van der Waals surface area contributed by atoms with Gasteiger partial charge < -0.3 is 5.11 Å². The lowest BCUT2D eigenvalue weighted by Crippen LogP contribution is -2.10. The maximum Gasteiger partial charge on any atom is 0.149 e. The molecule has 346 valence electrons. The molecule has 0 aliphatic heterocycles. The van der Waals surface area contributed by atoms with Crippen molar-refractivity contribution in [2.45, 2.75) is 79.5 Å². The number of benzene rings is 8. The number of pyridine rings is 1. The number of aryl methyl sites for hydroxylation is 2. The Morgan fingerprint density at radius 2 is 1.17 bits per heavy atom. The third kappa shape index (κ3) is 8.87. The topological polar surface area (TPSA) is 50.9 Å². The van der Waals surface area contributed by atoms with E-state index in [9.17, 15) is 5.11 Å². The van der Waals surface area contributed by atoms with E-state index in [1.54, 1.807) is 12.1 Å². The van der Waals surface area contributed by atoms with Gasteiger partial charge in [0.05, 0.1) is 28.0 Å². The van der Waals surface area contributed by atoms with Crippen molar-refractivity contribution in [3.8, 4) is 89.7 Å². The number of imidazole rings is 1. The van der Waals surface area contributed by atoms with Crippen LogP contribution in [0.1, 0.15) is 92.2 Å². The summed E-state index contributed by atoms with van der Waals surface area (Å²) in [5.41, 5.74) is 19.9. The minimum atomic E-state index is -2.18. The molecule has 8 aromatic carbocycles. The predicted octanol–water partition coefficient (Wildman–Crippen LogP) is 18.0. The van der Waals surface area contributed by atoms with E-state index in [1.807, 2.05) is 30.5 Å². The van der Waals surface area contributed by atoms with Crippen LogP contribution in [0, 0.1) is 13.8 Å². The highest BCUT2D eigenvalue weighted by molar-refractivity contribution is 5.99. The Balaban J connectivity index is 1.26. The largest absolute Gasteiger partial charge is 0.507 e. The van der Waals surface area contributed by atoms with Gasteiger partial charge in [0.2, 0.25) is 0 Å². The first-order chi connectivity index (χ1) is 34.9. The molecule has 0 aliphatic rings. The summed E-state index contributed by atoms with van der Waals surface area (Å²) >= 11 is 0. The molecule has 0 amide bonds. The summed E-state index contributed by atoms with van der Waals surface area (Å²) in [6.07, 6.45) is 1.81. The van der Waals surface area contributed by atoms with E-state index < -0.39 is 6.85 Å². The fourth-order valence-electron chi connectivity index (χ4n) is 9.73. The number of phenolic OH excluding ortho intramolecular Hbond substituents is 1. The number of hydrogen-bond donors (Lipinski definition) is 1. The average Bonchev–Trinajstić information content (AvgIpc) is 3.78. The van der Waals surface area contributed by atoms with Crippen LogP contribution in [0.5, 0.6) is 5.75 Å². The van der Waals surface area contributed by atoms with Crippen LogP contribution in [-0.4, -0.2) is 19.6 Å². The number of fused-ring (bicyclic) bond motifs is 1. The van der Waals surface area contributed by atoms with Crippen LogP contribution in [0.15, 0.2) is 188 Å². The van der Waals surface area contributed by atoms with Crippen molar-refractivity contribution in [2.24, 2.45) is 0 Å². The van der Waals surface area contributed by atoms with Crippen molar-refractivity contribution >= 4 is 11.0 Å². The zero-order valence-corrected chi connectivity index (χ0v) is 41.3. The predicted molar refractivity (Wildman–Crippen MR) is 295 cm³/mol. The third-order valence-corrected chi connectivity index (χ3v) is 13.7. The Morgan fingerprint density at radius 3 is 1.84 bits per heavy atom. The molecule has 0 saturated carbocycles. The first kappa shape index (κ1) is 42.3. The molecule has 0 bridgehead atoms. The zero-order chi connectivity index (χ0) is 51.3. The van der Waals surface area contributed by atoms with Crippen molar-refractivity contribution in [1.29, 1.82) is 0 Å². The number of aromatic hydroxyl groups is 1. The summed E-state index contributed by atoms with van der Waals surface area (Å²) in [7, 11) is 0. The van der Waals surface area contributed by atoms with Gasteiger partial charge >= 0.3 is 0 Å². The van der Waals surface area contributed by atoms with Crippen LogP contribution in [0.25, 0.3) is 95.0 Å². The van der Waals surface area contributed by atoms with Gasteiger partial charge in [-0.1, -0.05) is 181 Å². The molecule has 0 atom stereocenters. The number of phenols is 1. The summed E-state index contributed by atoms with van der Waals surface area (Å²) in [6, 6.07) is 63.0. The van der Waals surface area contributed by atoms with E-state index in [0.717, 1.165) is 100 Å². The Labute approximate surface area is 418 Å². The molecule has 0 unspecified atom stereocenters. The van der Waals surface area contributed by atoms with Crippen LogP contribution >= 0.6 is 0 Å². The first-order valence-corrected chi connectivity index (χ1v) is 24.4.